The normalized spacial score (nSPS) is 10.8. The summed E-state index contributed by atoms with van der Waals surface area (Å²) >= 11 is 4.50. The number of allylic oxidation sites excluding steroid dienone is 1. The number of hydrogen-bond acceptors (Lipinski definition) is 4. The number of aromatic nitrogens is 3. The number of aliphatic carboxylic acids is 1. The van der Waals surface area contributed by atoms with Gasteiger partial charge in [0.1, 0.15) is 5.52 Å². The van der Waals surface area contributed by atoms with Crippen molar-refractivity contribution in [2.24, 2.45) is 0 Å². The Morgan fingerprint density at radius 2 is 2.26 bits per heavy atom. The summed E-state index contributed by atoms with van der Waals surface area (Å²) in [7, 11) is 0. The lowest BCUT2D eigenvalue weighted by Crippen LogP contribution is -2.04. The third kappa shape index (κ3) is 3.36. The monoisotopic (exact) mass is 341 g/mol. The number of imidazole rings is 1. The molecule has 7 heteroatoms. The molecule has 2 rings (SSSR count). The average molecular weight is 342 g/mol. The summed E-state index contributed by atoms with van der Waals surface area (Å²) < 4.78 is 2.65. The molecule has 0 saturated carbocycles. The first-order valence-electron chi connectivity index (χ1n) is 5.49. The fourth-order valence-electron chi connectivity index (χ4n) is 1.63. The highest BCUT2D eigenvalue weighted by molar-refractivity contribution is 9.11. The van der Waals surface area contributed by atoms with E-state index in [1.165, 1.54) is 11.8 Å². The SMILES string of the molecule is C=C(Br)Cn1c(SCC(=O)O)nc2ccc(C)nc21. The van der Waals surface area contributed by atoms with Crippen LogP contribution in [0.25, 0.3) is 11.2 Å². The number of aryl methyl sites for hydroxylation is 1. The maximum atomic E-state index is 10.7. The van der Waals surface area contributed by atoms with Gasteiger partial charge in [0.15, 0.2) is 10.8 Å². The molecule has 0 bridgehead atoms. The van der Waals surface area contributed by atoms with E-state index in [-0.39, 0.29) is 5.75 Å². The second-order valence-electron chi connectivity index (χ2n) is 3.98. The Bertz CT molecular complexity index is 654. The maximum Gasteiger partial charge on any atom is 0.313 e. The molecule has 0 spiro atoms. The zero-order chi connectivity index (χ0) is 14.0. The molecular weight excluding hydrogens is 330 g/mol. The number of thioether (sulfide) groups is 1. The van der Waals surface area contributed by atoms with Crippen molar-refractivity contribution in [1.29, 1.82) is 0 Å². The van der Waals surface area contributed by atoms with E-state index in [2.05, 4.69) is 32.5 Å². The molecule has 0 atom stereocenters. The number of hydrogen-bond donors (Lipinski definition) is 1. The highest BCUT2D eigenvalue weighted by Crippen LogP contribution is 2.25. The molecule has 0 aliphatic rings. The number of rotatable bonds is 5. The molecule has 0 saturated heterocycles. The van der Waals surface area contributed by atoms with Gasteiger partial charge in [0.2, 0.25) is 0 Å². The van der Waals surface area contributed by atoms with Crippen LogP contribution >= 0.6 is 27.7 Å². The van der Waals surface area contributed by atoms with Gasteiger partial charge < -0.3 is 5.11 Å². The second kappa shape index (κ2) is 5.75. The average Bonchev–Trinajstić information content (AvgIpc) is 2.64. The van der Waals surface area contributed by atoms with Crippen LogP contribution in [0.1, 0.15) is 5.69 Å². The van der Waals surface area contributed by atoms with Crippen molar-refractivity contribution in [2.75, 3.05) is 5.75 Å². The molecule has 0 amide bonds. The molecule has 0 aromatic carbocycles. The highest BCUT2D eigenvalue weighted by atomic mass is 79.9. The molecule has 19 heavy (non-hydrogen) atoms. The van der Waals surface area contributed by atoms with Gasteiger partial charge in [0, 0.05) is 10.2 Å². The number of halogens is 1. The fraction of sp³-hybridized carbons (Fsp3) is 0.250. The number of carboxylic acid groups (broad SMARTS) is 1. The van der Waals surface area contributed by atoms with Gasteiger partial charge in [-0.2, -0.15) is 0 Å². The Balaban J connectivity index is 2.48. The predicted molar refractivity (Wildman–Crippen MR) is 78.7 cm³/mol. The van der Waals surface area contributed by atoms with Gasteiger partial charge in [-0.1, -0.05) is 34.3 Å². The molecule has 0 aliphatic heterocycles. The van der Waals surface area contributed by atoms with Gasteiger partial charge in [0.05, 0.1) is 12.3 Å². The van der Waals surface area contributed by atoms with E-state index >= 15 is 0 Å². The summed E-state index contributed by atoms with van der Waals surface area (Å²) in [6.45, 7) is 6.23. The van der Waals surface area contributed by atoms with Gasteiger partial charge in [-0.3, -0.25) is 9.36 Å². The molecule has 2 aromatic heterocycles. The summed E-state index contributed by atoms with van der Waals surface area (Å²) in [6.07, 6.45) is 0. The molecule has 0 aliphatic carbocycles. The number of fused-ring (bicyclic) bond motifs is 1. The van der Waals surface area contributed by atoms with Gasteiger partial charge in [0.25, 0.3) is 0 Å². The van der Waals surface area contributed by atoms with Crippen LogP contribution in [0, 0.1) is 6.92 Å². The van der Waals surface area contributed by atoms with Crippen LogP contribution in [-0.2, 0) is 11.3 Å². The summed E-state index contributed by atoms with van der Waals surface area (Å²) in [4.78, 5) is 19.5. The standard InChI is InChI=1S/C12H12BrN3O2S/c1-7(13)5-16-11-9(4-3-8(2)14-11)15-12(16)19-6-10(17)18/h3-4H,1,5-6H2,2H3,(H,17,18). The molecule has 0 fully saturated rings. The first kappa shape index (κ1) is 14.1. The van der Waals surface area contributed by atoms with Crippen LogP contribution in [0.5, 0.6) is 0 Å². The smallest absolute Gasteiger partial charge is 0.313 e. The lowest BCUT2D eigenvalue weighted by Gasteiger charge is -2.06. The van der Waals surface area contributed by atoms with E-state index in [9.17, 15) is 4.79 Å². The van der Waals surface area contributed by atoms with Crippen molar-refractivity contribution in [1.82, 2.24) is 14.5 Å². The van der Waals surface area contributed by atoms with Crippen LogP contribution in [-0.4, -0.2) is 31.4 Å². The number of nitrogens with zero attached hydrogens (tertiary/aromatic N) is 3. The maximum absolute atomic E-state index is 10.7. The number of carboxylic acids is 1. The van der Waals surface area contributed by atoms with Crippen LogP contribution in [0.15, 0.2) is 28.4 Å². The Labute approximate surface area is 122 Å². The van der Waals surface area contributed by atoms with E-state index in [4.69, 9.17) is 5.11 Å². The van der Waals surface area contributed by atoms with Crippen LogP contribution in [0.2, 0.25) is 0 Å². The molecule has 1 N–H and O–H groups in total. The van der Waals surface area contributed by atoms with Gasteiger partial charge in [-0.05, 0) is 19.1 Å². The van der Waals surface area contributed by atoms with Gasteiger partial charge >= 0.3 is 5.97 Å². The molecule has 5 nitrogen and oxygen atoms in total. The lowest BCUT2D eigenvalue weighted by molar-refractivity contribution is -0.133. The third-order valence-corrected chi connectivity index (χ3v) is 3.56. The Kier molecular flexibility index (Phi) is 4.26. The Hall–Kier alpha value is -1.34. The minimum atomic E-state index is -0.870. The van der Waals surface area contributed by atoms with E-state index in [0.717, 1.165) is 21.3 Å². The summed E-state index contributed by atoms with van der Waals surface area (Å²) in [5.41, 5.74) is 2.39. The van der Waals surface area contributed by atoms with Crippen molar-refractivity contribution >= 4 is 44.8 Å². The molecule has 2 aromatic rings. The van der Waals surface area contributed by atoms with Crippen molar-refractivity contribution in [3.63, 3.8) is 0 Å². The third-order valence-electron chi connectivity index (χ3n) is 2.35. The van der Waals surface area contributed by atoms with Crippen molar-refractivity contribution < 1.29 is 9.90 Å². The van der Waals surface area contributed by atoms with Crippen molar-refractivity contribution in [3.05, 3.63) is 28.9 Å². The molecule has 100 valence electrons. The Morgan fingerprint density at radius 1 is 1.53 bits per heavy atom. The van der Waals surface area contributed by atoms with E-state index in [1.54, 1.807) is 0 Å². The zero-order valence-corrected chi connectivity index (χ0v) is 12.7. The van der Waals surface area contributed by atoms with E-state index < -0.39 is 5.97 Å². The number of carbonyl (C=O) groups is 1. The van der Waals surface area contributed by atoms with Crippen LogP contribution < -0.4 is 0 Å². The number of pyridine rings is 1. The summed E-state index contributed by atoms with van der Waals surface area (Å²) in [6, 6.07) is 3.77. The fourth-order valence-corrected chi connectivity index (χ4v) is 2.60. The molecule has 0 unspecified atom stereocenters. The quantitative estimate of drug-likeness (QED) is 0.847. The minimum Gasteiger partial charge on any atom is -0.481 e. The second-order valence-corrected chi connectivity index (χ2v) is 6.04. The van der Waals surface area contributed by atoms with Crippen molar-refractivity contribution in [3.8, 4) is 0 Å². The zero-order valence-electron chi connectivity index (χ0n) is 10.3. The lowest BCUT2D eigenvalue weighted by atomic mass is 10.3. The summed E-state index contributed by atoms with van der Waals surface area (Å²) in [5.74, 6) is -0.901. The van der Waals surface area contributed by atoms with Gasteiger partial charge in [-0.25, -0.2) is 9.97 Å². The van der Waals surface area contributed by atoms with E-state index in [1.807, 2.05) is 23.6 Å². The highest BCUT2D eigenvalue weighted by Gasteiger charge is 2.14. The van der Waals surface area contributed by atoms with Crippen LogP contribution in [0.4, 0.5) is 0 Å². The predicted octanol–water partition coefficient (Wildman–Crippen LogP) is 2.83. The van der Waals surface area contributed by atoms with Crippen LogP contribution in [0.3, 0.4) is 0 Å². The van der Waals surface area contributed by atoms with Crippen molar-refractivity contribution in [2.45, 2.75) is 18.6 Å². The van der Waals surface area contributed by atoms with Gasteiger partial charge in [-0.15, -0.1) is 0 Å². The molecule has 2 heterocycles. The Morgan fingerprint density at radius 3 is 2.89 bits per heavy atom. The molecular formula is C12H12BrN3O2S. The largest absolute Gasteiger partial charge is 0.481 e. The first-order chi connectivity index (χ1) is 8.97. The summed E-state index contributed by atoms with van der Waals surface area (Å²) in [5, 5.41) is 9.40. The van der Waals surface area contributed by atoms with E-state index in [0.29, 0.717) is 11.7 Å². The minimum absolute atomic E-state index is 0.0307. The first-order valence-corrected chi connectivity index (χ1v) is 7.27. The topological polar surface area (TPSA) is 68.0 Å². The molecule has 0 radical (unpaired) electrons.